The monoisotopic (exact) mass is 241 g/mol. The normalized spacial score (nSPS) is 14.8. The summed E-state index contributed by atoms with van der Waals surface area (Å²) in [7, 11) is 0. The molecular formula is C9H11N3O3S. The highest BCUT2D eigenvalue weighted by atomic mass is 32.1. The molecule has 0 spiro atoms. The lowest BCUT2D eigenvalue weighted by Crippen LogP contribution is -2.35. The van der Waals surface area contributed by atoms with Gasteiger partial charge in [0.1, 0.15) is 0 Å². The van der Waals surface area contributed by atoms with E-state index in [-0.39, 0.29) is 24.9 Å². The largest absolute Gasteiger partial charge is 0.481 e. The van der Waals surface area contributed by atoms with Gasteiger partial charge in [0.25, 0.3) is 5.91 Å². The highest BCUT2D eigenvalue weighted by Crippen LogP contribution is 2.28. The molecule has 1 heterocycles. The summed E-state index contributed by atoms with van der Waals surface area (Å²) in [5.74, 6) is -1.10. The van der Waals surface area contributed by atoms with E-state index < -0.39 is 5.97 Å². The fourth-order valence-corrected chi connectivity index (χ4v) is 1.87. The Bertz CT molecular complexity index is 389. The number of carboxylic acid groups (broad SMARTS) is 1. The predicted molar refractivity (Wildman–Crippen MR) is 56.2 cm³/mol. The molecule has 1 aliphatic carbocycles. The Morgan fingerprint density at radius 3 is 2.81 bits per heavy atom. The van der Waals surface area contributed by atoms with E-state index in [2.05, 4.69) is 8.75 Å². The van der Waals surface area contributed by atoms with Crippen LogP contribution >= 0.6 is 11.7 Å². The van der Waals surface area contributed by atoms with E-state index in [1.54, 1.807) is 4.90 Å². The first-order valence-corrected chi connectivity index (χ1v) is 5.72. The minimum absolute atomic E-state index is 0.0280. The lowest BCUT2D eigenvalue weighted by Gasteiger charge is -2.20. The zero-order valence-corrected chi connectivity index (χ0v) is 9.31. The van der Waals surface area contributed by atoms with Gasteiger partial charge in [0.05, 0.1) is 24.3 Å². The highest BCUT2D eigenvalue weighted by Gasteiger charge is 2.33. The first-order valence-electron chi connectivity index (χ1n) is 4.99. The molecule has 6 nitrogen and oxygen atoms in total. The number of carbonyl (C=O) groups is 2. The molecule has 16 heavy (non-hydrogen) atoms. The number of hydrogen-bond acceptors (Lipinski definition) is 5. The van der Waals surface area contributed by atoms with Crippen LogP contribution in [-0.4, -0.2) is 43.2 Å². The number of carbonyl (C=O) groups excluding carboxylic acids is 1. The molecule has 1 aliphatic rings. The van der Waals surface area contributed by atoms with Gasteiger partial charge in [-0.25, -0.2) is 0 Å². The maximum atomic E-state index is 11.9. The zero-order valence-electron chi connectivity index (χ0n) is 8.50. The van der Waals surface area contributed by atoms with Gasteiger partial charge in [0, 0.05) is 12.6 Å². The van der Waals surface area contributed by atoms with Crippen LogP contribution in [0.2, 0.25) is 0 Å². The summed E-state index contributed by atoms with van der Waals surface area (Å²) < 4.78 is 7.63. The summed E-state index contributed by atoms with van der Waals surface area (Å²) in [5, 5.41) is 8.61. The molecule has 0 atom stereocenters. The van der Waals surface area contributed by atoms with Gasteiger partial charge < -0.3 is 10.0 Å². The number of amides is 1. The molecule has 1 amide bonds. The molecule has 86 valence electrons. The molecule has 1 aromatic heterocycles. The van der Waals surface area contributed by atoms with Gasteiger partial charge in [-0.05, 0) is 12.8 Å². The molecule has 0 aromatic carbocycles. The summed E-state index contributed by atoms with van der Waals surface area (Å²) in [6.07, 6.45) is 3.29. The van der Waals surface area contributed by atoms with Crippen LogP contribution in [0.3, 0.4) is 0 Å². The third-order valence-electron chi connectivity index (χ3n) is 2.40. The topological polar surface area (TPSA) is 83.4 Å². The number of nitrogens with zero attached hydrogens (tertiary/aromatic N) is 3. The Balaban J connectivity index is 2.01. The minimum atomic E-state index is -0.894. The van der Waals surface area contributed by atoms with Gasteiger partial charge in [0.2, 0.25) is 0 Å². The third kappa shape index (κ3) is 2.54. The van der Waals surface area contributed by atoms with Gasteiger partial charge >= 0.3 is 5.97 Å². The predicted octanol–water partition coefficient (Wildman–Crippen LogP) is 0.617. The second kappa shape index (κ2) is 4.56. The maximum absolute atomic E-state index is 11.9. The van der Waals surface area contributed by atoms with Crippen LogP contribution in [0.15, 0.2) is 6.20 Å². The number of aromatic nitrogens is 2. The van der Waals surface area contributed by atoms with Gasteiger partial charge in [-0.15, -0.1) is 0 Å². The van der Waals surface area contributed by atoms with Crippen molar-refractivity contribution >= 4 is 23.6 Å². The molecule has 1 saturated carbocycles. The first-order chi connectivity index (χ1) is 7.68. The van der Waals surface area contributed by atoms with E-state index in [1.807, 2.05) is 0 Å². The Kier molecular flexibility index (Phi) is 3.14. The van der Waals surface area contributed by atoms with Crippen molar-refractivity contribution in [1.29, 1.82) is 0 Å². The van der Waals surface area contributed by atoms with Gasteiger partial charge in [-0.2, -0.15) is 8.75 Å². The second-order valence-electron chi connectivity index (χ2n) is 3.67. The maximum Gasteiger partial charge on any atom is 0.305 e. The molecule has 1 fully saturated rings. The third-order valence-corrected chi connectivity index (χ3v) is 2.87. The standard InChI is InChI=1S/C9H11N3O3S/c13-8(14)3-4-12(6-1-2-6)9(15)7-5-10-16-11-7/h5-6H,1-4H2,(H,13,14). The van der Waals surface area contributed by atoms with Crippen molar-refractivity contribution in [1.82, 2.24) is 13.6 Å². The fourth-order valence-electron chi connectivity index (χ4n) is 1.46. The molecule has 1 N–H and O–H groups in total. The lowest BCUT2D eigenvalue weighted by molar-refractivity contribution is -0.137. The molecular weight excluding hydrogens is 230 g/mol. The number of rotatable bonds is 5. The summed E-state index contributed by atoms with van der Waals surface area (Å²) in [6, 6.07) is 0.188. The first kappa shape index (κ1) is 11.0. The number of carboxylic acids is 1. The Labute approximate surface area is 96.2 Å². The van der Waals surface area contributed by atoms with E-state index in [0.717, 1.165) is 24.6 Å². The van der Waals surface area contributed by atoms with Crippen molar-refractivity contribution in [3.63, 3.8) is 0 Å². The smallest absolute Gasteiger partial charge is 0.305 e. The SMILES string of the molecule is O=C(O)CCN(C(=O)c1cnsn1)C1CC1. The van der Waals surface area contributed by atoms with Crippen LogP contribution in [0.1, 0.15) is 29.8 Å². The van der Waals surface area contributed by atoms with Gasteiger partial charge in [-0.3, -0.25) is 9.59 Å². The van der Waals surface area contributed by atoms with Gasteiger partial charge in [-0.1, -0.05) is 0 Å². The van der Waals surface area contributed by atoms with Crippen LogP contribution in [0.4, 0.5) is 0 Å². The molecule has 0 bridgehead atoms. The van der Waals surface area contributed by atoms with Crippen LogP contribution < -0.4 is 0 Å². The van der Waals surface area contributed by atoms with Gasteiger partial charge in [0.15, 0.2) is 5.69 Å². The average molecular weight is 241 g/mol. The second-order valence-corrected chi connectivity index (χ2v) is 4.22. The summed E-state index contributed by atoms with van der Waals surface area (Å²) in [6.45, 7) is 0.246. The molecule has 7 heteroatoms. The van der Waals surface area contributed by atoms with E-state index in [0.29, 0.717) is 5.69 Å². The minimum Gasteiger partial charge on any atom is -0.481 e. The van der Waals surface area contributed by atoms with E-state index in [9.17, 15) is 9.59 Å². The highest BCUT2D eigenvalue weighted by molar-refractivity contribution is 6.99. The van der Waals surface area contributed by atoms with E-state index >= 15 is 0 Å². The Hall–Kier alpha value is -1.50. The van der Waals surface area contributed by atoms with E-state index in [4.69, 9.17) is 5.11 Å². The van der Waals surface area contributed by atoms with Crippen molar-refractivity contribution in [3.05, 3.63) is 11.9 Å². The van der Waals surface area contributed by atoms with Crippen molar-refractivity contribution in [2.45, 2.75) is 25.3 Å². The van der Waals surface area contributed by atoms with Crippen molar-refractivity contribution in [2.24, 2.45) is 0 Å². The summed E-state index contributed by atoms with van der Waals surface area (Å²) in [4.78, 5) is 24.0. The van der Waals surface area contributed by atoms with Crippen LogP contribution in [0, 0.1) is 0 Å². The average Bonchev–Trinajstić information content (AvgIpc) is 2.93. The number of aliphatic carboxylic acids is 1. The fraction of sp³-hybridized carbons (Fsp3) is 0.556. The molecule has 0 radical (unpaired) electrons. The van der Waals surface area contributed by atoms with Crippen LogP contribution in [0.25, 0.3) is 0 Å². The number of hydrogen-bond donors (Lipinski definition) is 1. The molecule has 0 aliphatic heterocycles. The Morgan fingerprint density at radius 2 is 2.31 bits per heavy atom. The van der Waals surface area contributed by atoms with Crippen molar-refractivity contribution in [3.8, 4) is 0 Å². The lowest BCUT2D eigenvalue weighted by atomic mass is 10.3. The quantitative estimate of drug-likeness (QED) is 0.816. The van der Waals surface area contributed by atoms with Crippen molar-refractivity contribution in [2.75, 3.05) is 6.54 Å². The molecule has 1 aromatic rings. The molecule has 2 rings (SSSR count). The molecule has 0 saturated heterocycles. The van der Waals surface area contributed by atoms with Crippen LogP contribution in [0.5, 0.6) is 0 Å². The Morgan fingerprint density at radius 1 is 1.56 bits per heavy atom. The summed E-state index contributed by atoms with van der Waals surface area (Å²) in [5.41, 5.74) is 0.308. The van der Waals surface area contributed by atoms with E-state index in [1.165, 1.54) is 6.20 Å². The van der Waals surface area contributed by atoms with Crippen LogP contribution in [-0.2, 0) is 4.79 Å². The molecule has 0 unspecified atom stereocenters. The van der Waals surface area contributed by atoms with Crippen molar-refractivity contribution < 1.29 is 14.7 Å². The zero-order chi connectivity index (χ0) is 11.5. The summed E-state index contributed by atoms with van der Waals surface area (Å²) >= 11 is 0.978.